The van der Waals surface area contributed by atoms with Crippen LogP contribution in [0.5, 0.6) is 0 Å². The second-order valence-electron chi connectivity index (χ2n) is 9.86. The van der Waals surface area contributed by atoms with E-state index in [4.69, 9.17) is 0 Å². The highest BCUT2D eigenvalue weighted by molar-refractivity contribution is 5.92. The number of benzene rings is 2. The normalized spacial score (nSPS) is 14.4. The maximum absolute atomic E-state index is 13.4. The summed E-state index contributed by atoms with van der Waals surface area (Å²) in [4.78, 5) is 39.2. The summed E-state index contributed by atoms with van der Waals surface area (Å²) in [6.45, 7) is 7.53. The van der Waals surface area contributed by atoms with Crippen LogP contribution in [0.25, 0.3) is 0 Å². The van der Waals surface area contributed by atoms with Gasteiger partial charge in [0.25, 0.3) is 0 Å². The summed E-state index contributed by atoms with van der Waals surface area (Å²) >= 11 is 0. The van der Waals surface area contributed by atoms with Gasteiger partial charge >= 0.3 is 0 Å². The summed E-state index contributed by atoms with van der Waals surface area (Å²) in [5.41, 5.74) is 1.91. The average Bonchev–Trinajstić information content (AvgIpc) is 2.86. The van der Waals surface area contributed by atoms with Gasteiger partial charge in [0.05, 0.1) is 12.6 Å². The molecule has 2 aromatic carbocycles. The molecule has 2 rings (SSSR count). The summed E-state index contributed by atoms with van der Waals surface area (Å²) < 4.78 is 0. The fraction of sp³-hybridized carbons (Fsp3) is 0.483. The Morgan fingerprint density at radius 1 is 0.778 bits per heavy atom. The van der Waals surface area contributed by atoms with Crippen molar-refractivity contribution in [3.63, 3.8) is 0 Å². The third kappa shape index (κ3) is 9.82. The molecule has 3 amide bonds. The van der Waals surface area contributed by atoms with Crippen LogP contribution in [0.2, 0.25) is 0 Å². The van der Waals surface area contributed by atoms with Crippen molar-refractivity contribution in [1.82, 2.24) is 16.0 Å². The molecule has 0 radical (unpaired) electrons. The smallest absolute Gasteiger partial charge is 0.243 e. The van der Waals surface area contributed by atoms with Gasteiger partial charge in [-0.15, -0.1) is 0 Å². The van der Waals surface area contributed by atoms with Crippen LogP contribution in [0.15, 0.2) is 60.7 Å². The van der Waals surface area contributed by atoms with Gasteiger partial charge in [-0.25, -0.2) is 0 Å². The van der Waals surface area contributed by atoms with Crippen LogP contribution in [-0.2, 0) is 27.2 Å². The number of aliphatic hydroxyl groups excluding tert-OH is 1. The number of amides is 3. The van der Waals surface area contributed by atoms with Crippen LogP contribution in [0.1, 0.15) is 51.7 Å². The van der Waals surface area contributed by atoms with Crippen molar-refractivity contribution in [3.8, 4) is 0 Å². The molecule has 0 saturated heterocycles. The highest BCUT2D eigenvalue weighted by atomic mass is 16.3. The Morgan fingerprint density at radius 3 is 1.83 bits per heavy atom. The van der Waals surface area contributed by atoms with Gasteiger partial charge in [0.15, 0.2) is 0 Å². The van der Waals surface area contributed by atoms with Gasteiger partial charge in [0, 0.05) is 12.8 Å². The molecule has 7 heteroatoms. The zero-order chi connectivity index (χ0) is 26.5. The lowest BCUT2D eigenvalue weighted by molar-refractivity contribution is -0.133. The second-order valence-corrected chi connectivity index (χ2v) is 9.86. The van der Waals surface area contributed by atoms with E-state index in [1.807, 2.05) is 88.4 Å². The summed E-state index contributed by atoms with van der Waals surface area (Å²) in [5.74, 6) is -0.939. The van der Waals surface area contributed by atoms with E-state index in [1.165, 1.54) is 0 Å². The van der Waals surface area contributed by atoms with Gasteiger partial charge in [-0.05, 0) is 29.4 Å². The Labute approximate surface area is 215 Å². The first-order valence-corrected chi connectivity index (χ1v) is 12.8. The predicted octanol–water partition coefficient (Wildman–Crippen LogP) is 3.01. The molecule has 0 aliphatic heterocycles. The average molecular weight is 496 g/mol. The molecule has 0 fully saturated rings. The maximum Gasteiger partial charge on any atom is 0.243 e. The largest absolute Gasteiger partial charge is 0.394 e. The molecule has 0 spiro atoms. The molecule has 4 atom stereocenters. The topological polar surface area (TPSA) is 108 Å². The summed E-state index contributed by atoms with van der Waals surface area (Å²) in [7, 11) is 0. The number of carbonyl (C=O) groups is 3. The minimum atomic E-state index is -0.809. The Kier molecular flexibility index (Phi) is 12.1. The molecule has 7 nitrogen and oxygen atoms in total. The van der Waals surface area contributed by atoms with Crippen LogP contribution in [0, 0.1) is 11.8 Å². The van der Waals surface area contributed by atoms with Crippen molar-refractivity contribution in [2.75, 3.05) is 6.61 Å². The molecule has 0 saturated carbocycles. The second kappa shape index (κ2) is 15.0. The molecular formula is C29H41N3O4. The van der Waals surface area contributed by atoms with Crippen LogP contribution >= 0.6 is 0 Å². The quantitative estimate of drug-likeness (QED) is 0.323. The van der Waals surface area contributed by atoms with Crippen molar-refractivity contribution in [2.24, 2.45) is 11.8 Å². The zero-order valence-corrected chi connectivity index (χ0v) is 21.9. The Bertz CT molecular complexity index is 950. The Hall–Kier alpha value is -3.19. The lowest BCUT2D eigenvalue weighted by atomic mass is 9.96. The highest BCUT2D eigenvalue weighted by Gasteiger charge is 2.31. The first-order chi connectivity index (χ1) is 17.2. The summed E-state index contributed by atoms with van der Waals surface area (Å²) in [6.07, 6.45) is 1.78. The van der Waals surface area contributed by atoms with Gasteiger partial charge in [-0.3, -0.25) is 14.4 Å². The molecule has 4 N–H and O–H groups in total. The van der Waals surface area contributed by atoms with Gasteiger partial charge in [-0.1, -0.05) is 94.8 Å². The van der Waals surface area contributed by atoms with Crippen molar-refractivity contribution < 1.29 is 19.5 Å². The summed E-state index contributed by atoms with van der Waals surface area (Å²) in [5, 5.41) is 18.5. The maximum atomic E-state index is 13.4. The molecule has 196 valence electrons. The molecular weight excluding hydrogens is 454 g/mol. The first-order valence-electron chi connectivity index (χ1n) is 12.8. The Balaban J connectivity index is 2.16. The molecule has 0 bridgehead atoms. The third-order valence-corrected chi connectivity index (χ3v) is 6.21. The fourth-order valence-corrected chi connectivity index (χ4v) is 3.99. The zero-order valence-electron chi connectivity index (χ0n) is 21.9. The van der Waals surface area contributed by atoms with Crippen LogP contribution in [-0.4, -0.2) is 47.6 Å². The SMILES string of the molecule is CCC(C)C(NC(=O)C(Cc1ccccc1)NC(=O)CC(C)C)C(=O)NC(CO)Cc1ccccc1. The van der Waals surface area contributed by atoms with Crippen molar-refractivity contribution in [3.05, 3.63) is 71.8 Å². The molecule has 36 heavy (non-hydrogen) atoms. The monoisotopic (exact) mass is 495 g/mol. The van der Waals surface area contributed by atoms with E-state index in [2.05, 4.69) is 16.0 Å². The number of nitrogens with one attached hydrogen (secondary N) is 3. The van der Waals surface area contributed by atoms with Gasteiger partial charge in [-0.2, -0.15) is 0 Å². The van der Waals surface area contributed by atoms with E-state index in [0.29, 0.717) is 25.7 Å². The lowest BCUT2D eigenvalue weighted by Gasteiger charge is -2.28. The van der Waals surface area contributed by atoms with E-state index >= 15 is 0 Å². The van der Waals surface area contributed by atoms with Crippen molar-refractivity contribution in [2.45, 2.75) is 71.5 Å². The molecule has 4 unspecified atom stereocenters. The van der Waals surface area contributed by atoms with Gasteiger partial charge in [0.2, 0.25) is 17.7 Å². The number of carbonyl (C=O) groups excluding carboxylic acids is 3. The molecule has 2 aromatic rings. The van der Waals surface area contributed by atoms with Crippen molar-refractivity contribution >= 4 is 17.7 Å². The van der Waals surface area contributed by atoms with Crippen LogP contribution in [0.3, 0.4) is 0 Å². The molecule has 0 aromatic heterocycles. The van der Waals surface area contributed by atoms with E-state index in [1.54, 1.807) is 0 Å². The van der Waals surface area contributed by atoms with E-state index < -0.39 is 24.0 Å². The highest BCUT2D eigenvalue weighted by Crippen LogP contribution is 2.12. The molecule has 0 heterocycles. The number of rotatable bonds is 14. The minimum absolute atomic E-state index is 0.145. The molecule has 0 aliphatic rings. The predicted molar refractivity (Wildman–Crippen MR) is 142 cm³/mol. The van der Waals surface area contributed by atoms with E-state index in [9.17, 15) is 19.5 Å². The van der Waals surface area contributed by atoms with Gasteiger partial charge < -0.3 is 21.1 Å². The van der Waals surface area contributed by atoms with E-state index in [0.717, 1.165) is 11.1 Å². The van der Waals surface area contributed by atoms with Crippen molar-refractivity contribution in [1.29, 1.82) is 0 Å². The van der Waals surface area contributed by atoms with Crippen LogP contribution < -0.4 is 16.0 Å². The summed E-state index contributed by atoms with van der Waals surface area (Å²) in [6, 6.07) is 17.0. The van der Waals surface area contributed by atoms with Gasteiger partial charge in [0.1, 0.15) is 12.1 Å². The number of hydrogen-bond donors (Lipinski definition) is 4. The lowest BCUT2D eigenvalue weighted by Crippen LogP contribution is -2.58. The fourth-order valence-electron chi connectivity index (χ4n) is 3.99. The first kappa shape index (κ1) is 29.0. The number of aliphatic hydroxyl groups is 1. The minimum Gasteiger partial charge on any atom is -0.394 e. The number of hydrogen-bond acceptors (Lipinski definition) is 4. The molecule has 0 aliphatic carbocycles. The Morgan fingerprint density at radius 2 is 1.33 bits per heavy atom. The van der Waals surface area contributed by atoms with E-state index in [-0.39, 0.29) is 30.3 Å². The standard InChI is InChI=1S/C29H41N3O4/c1-5-21(4)27(29(36)30-24(19-33)17-22-12-8-6-9-13-22)32-28(35)25(31-26(34)16-20(2)3)18-23-14-10-7-11-15-23/h6-15,20-21,24-25,27,33H,5,16-19H2,1-4H3,(H,30,36)(H,31,34)(H,32,35). The van der Waals surface area contributed by atoms with Crippen LogP contribution in [0.4, 0.5) is 0 Å². The third-order valence-electron chi connectivity index (χ3n) is 6.21.